The van der Waals surface area contributed by atoms with Gasteiger partial charge in [0.05, 0.1) is 4.92 Å². The molecule has 0 fully saturated rings. The highest BCUT2D eigenvalue weighted by Gasteiger charge is 2.18. The first-order chi connectivity index (χ1) is 7.52. The second kappa shape index (κ2) is 5.25. The molecule has 0 aliphatic rings. The van der Waals surface area contributed by atoms with Gasteiger partial charge in [-0.3, -0.25) is 10.1 Å². The van der Waals surface area contributed by atoms with Gasteiger partial charge >= 0.3 is 5.69 Å². The first kappa shape index (κ1) is 12.2. The van der Waals surface area contributed by atoms with Gasteiger partial charge in [-0.2, -0.15) is 4.39 Å². The van der Waals surface area contributed by atoms with Gasteiger partial charge in [0.1, 0.15) is 5.69 Å². The molecule has 0 unspecified atom stereocenters. The Morgan fingerprint density at radius 1 is 1.56 bits per heavy atom. The summed E-state index contributed by atoms with van der Waals surface area (Å²) in [5.74, 6) is -0.827. The van der Waals surface area contributed by atoms with Gasteiger partial charge in [-0.1, -0.05) is 17.7 Å². The number of hydrogen-bond acceptors (Lipinski definition) is 3. The fourth-order valence-electron chi connectivity index (χ4n) is 1.21. The Labute approximate surface area is 92.9 Å². The molecule has 86 valence electrons. The van der Waals surface area contributed by atoms with Gasteiger partial charge in [0.25, 0.3) is 0 Å². The van der Waals surface area contributed by atoms with Crippen LogP contribution in [0.25, 0.3) is 0 Å². The minimum absolute atomic E-state index is 0.197. The predicted octanol–water partition coefficient (Wildman–Crippen LogP) is 3.11. The second-order valence-corrected chi connectivity index (χ2v) is 3.56. The Morgan fingerprint density at radius 2 is 2.25 bits per heavy atom. The summed E-state index contributed by atoms with van der Waals surface area (Å²) in [6.45, 7) is 4.27. The molecule has 4 nitrogen and oxygen atoms in total. The molecule has 1 aromatic carbocycles. The lowest BCUT2D eigenvalue weighted by molar-refractivity contribution is -0.386. The molecule has 0 radical (unpaired) electrons. The number of nitrogens with one attached hydrogen (secondary N) is 1. The second-order valence-electron chi connectivity index (χ2n) is 3.56. The maximum atomic E-state index is 13.2. The van der Waals surface area contributed by atoms with E-state index in [9.17, 15) is 14.5 Å². The van der Waals surface area contributed by atoms with Crippen molar-refractivity contribution < 1.29 is 9.31 Å². The van der Waals surface area contributed by atoms with Crippen LogP contribution in [-0.4, -0.2) is 11.5 Å². The fourth-order valence-corrected chi connectivity index (χ4v) is 1.21. The molecule has 1 rings (SSSR count). The summed E-state index contributed by atoms with van der Waals surface area (Å²) in [6, 6.07) is 4.00. The third kappa shape index (κ3) is 3.05. The molecule has 0 amide bonds. The Hall–Kier alpha value is -1.91. The number of nitro benzene ring substituents is 1. The highest BCUT2D eigenvalue weighted by molar-refractivity contribution is 5.62. The van der Waals surface area contributed by atoms with Crippen LogP contribution in [-0.2, 0) is 0 Å². The van der Waals surface area contributed by atoms with Gasteiger partial charge in [0.2, 0.25) is 5.82 Å². The van der Waals surface area contributed by atoms with Crippen molar-refractivity contribution in [3.8, 4) is 0 Å². The topological polar surface area (TPSA) is 55.2 Å². The fraction of sp³-hybridized carbons (Fsp3) is 0.273. The van der Waals surface area contributed by atoms with Crippen LogP contribution in [0.1, 0.15) is 13.8 Å². The number of para-hydroxylation sites is 1. The molecule has 1 N–H and O–H groups in total. The predicted molar refractivity (Wildman–Crippen MR) is 61.0 cm³/mol. The van der Waals surface area contributed by atoms with E-state index in [4.69, 9.17) is 0 Å². The molecule has 0 aliphatic carbocycles. The molecule has 1 aromatic rings. The average molecular weight is 224 g/mol. The summed E-state index contributed by atoms with van der Waals surface area (Å²) >= 11 is 0. The van der Waals surface area contributed by atoms with E-state index in [1.165, 1.54) is 12.1 Å². The Balaban J connectivity index is 2.91. The zero-order valence-electron chi connectivity index (χ0n) is 9.16. The van der Waals surface area contributed by atoms with Gasteiger partial charge in [-0.05, 0) is 26.0 Å². The molecule has 0 aromatic heterocycles. The number of rotatable bonds is 4. The number of nitro groups is 1. The largest absolute Gasteiger partial charge is 0.376 e. The van der Waals surface area contributed by atoms with Gasteiger partial charge in [0.15, 0.2) is 0 Å². The van der Waals surface area contributed by atoms with Crippen LogP contribution >= 0.6 is 0 Å². The van der Waals surface area contributed by atoms with Crippen molar-refractivity contribution in [2.75, 3.05) is 11.9 Å². The summed E-state index contributed by atoms with van der Waals surface area (Å²) in [6.07, 6.45) is 1.87. The average Bonchev–Trinajstić information content (AvgIpc) is 2.16. The van der Waals surface area contributed by atoms with Crippen molar-refractivity contribution >= 4 is 11.4 Å². The van der Waals surface area contributed by atoms with Crippen molar-refractivity contribution in [2.24, 2.45) is 0 Å². The first-order valence-corrected chi connectivity index (χ1v) is 4.82. The standard InChI is InChI=1S/C11H13FN2O2/c1-8(2)6-7-13-10-5-3-4-9(12)11(10)14(15)16/h3-6,13H,7H2,1-2H3. The van der Waals surface area contributed by atoms with Crippen LogP contribution in [0.3, 0.4) is 0 Å². The zero-order valence-corrected chi connectivity index (χ0v) is 9.16. The summed E-state index contributed by atoms with van der Waals surface area (Å²) in [7, 11) is 0. The summed E-state index contributed by atoms with van der Waals surface area (Å²) in [5, 5.41) is 13.5. The smallest absolute Gasteiger partial charge is 0.327 e. The van der Waals surface area contributed by atoms with Gasteiger partial charge in [-0.25, -0.2) is 0 Å². The van der Waals surface area contributed by atoms with Crippen LogP contribution in [0.15, 0.2) is 29.8 Å². The van der Waals surface area contributed by atoms with Crippen LogP contribution in [0, 0.1) is 15.9 Å². The van der Waals surface area contributed by atoms with Crippen LogP contribution in [0.5, 0.6) is 0 Å². The Kier molecular flexibility index (Phi) is 3.99. The number of benzene rings is 1. The lowest BCUT2D eigenvalue weighted by Crippen LogP contribution is -2.04. The van der Waals surface area contributed by atoms with E-state index >= 15 is 0 Å². The van der Waals surface area contributed by atoms with Crippen LogP contribution in [0.4, 0.5) is 15.8 Å². The lowest BCUT2D eigenvalue weighted by atomic mass is 10.2. The maximum Gasteiger partial charge on any atom is 0.327 e. The summed E-state index contributed by atoms with van der Waals surface area (Å²) in [4.78, 5) is 9.93. The molecular weight excluding hydrogens is 211 g/mol. The molecule has 0 atom stereocenters. The van der Waals surface area contributed by atoms with Crippen molar-refractivity contribution in [2.45, 2.75) is 13.8 Å². The van der Waals surface area contributed by atoms with Gasteiger partial charge in [0, 0.05) is 6.54 Å². The quantitative estimate of drug-likeness (QED) is 0.485. The maximum absolute atomic E-state index is 13.2. The first-order valence-electron chi connectivity index (χ1n) is 4.82. The van der Waals surface area contributed by atoms with E-state index in [2.05, 4.69) is 5.32 Å². The molecule has 0 heterocycles. The number of anilines is 1. The number of halogens is 1. The highest BCUT2D eigenvalue weighted by Crippen LogP contribution is 2.26. The van der Waals surface area contributed by atoms with Crippen LogP contribution in [0.2, 0.25) is 0 Å². The number of nitrogens with zero attached hydrogens (tertiary/aromatic N) is 1. The lowest BCUT2D eigenvalue weighted by Gasteiger charge is -2.05. The number of hydrogen-bond donors (Lipinski definition) is 1. The Bertz CT molecular complexity index is 426. The zero-order chi connectivity index (χ0) is 12.1. The monoisotopic (exact) mass is 224 g/mol. The molecule has 0 spiro atoms. The molecule has 5 heteroatoms. The Morgan fingerprint density at radius 3 is 2.81 bits per heavy atom. The van der Waals surface area contributed by atoms with Crippen molar-refractivity contribution in [3.63, 3.8) is 0 Å². The van der Waals surface area contributed by atoms with Gasteiger partial charge < -0.3 is 5.32 Å². The third-order valence-electron chi connectivity index (χ3n) is 1.97. The molecule has 16 heavy (non-hydrogen) atoms. The minimum atomic E-state index is -0.827. The van der Waals surface area contributed by atoms with Crippen LogP contribution < -0.4 is 5.32 Å². The molecule has 0 saturated heterocycles. The van der Waals surface area contributed by atoms with Crippen molar-refractivity contribution in [3.05, 3.63) is 45.8 Å². The van der Waals surface area contributed by atoms with E-state index in [1.54, 1.807) is 0 Å². The molecule has 0 bridgehead atoms. The minimum Gasteiger partial charge on any atom is -0.376 e. The molecule has 0 saturated carbocycles. The van der Waals surface area contributed by atoms with E-state index in [1.807, 2.05) is 19.9 Å². The molecule has 0 aliphatic heterocycles. The van der Waals surface area contributed by atoms with E-state index in [0.29, 0.717) is 6.54 Å². The summed E-state index contributed by atoms with van der Waals surface area (Å²) in [5.41, 5.74) is 0.777. The van der Waals surface area contributed by atoms with E-state index in [-0.39, 0.29) is 5.69 Å². The SMILES string of the molecule is CC(C)=CCNc1cccc(F)c1[N+](=O)[O-]. The van der Waals surface area contributed by atoms with Crippen molar-refractivity contribution in [1.82, 2.24) is 0 Å². The third-order valence-corrected chi connectivity index (χ3v) is 1.97. The normalized spacial score (nSPS) is 9.69. The highest BCUT2D eigenvalue weighted by atomic mass is 19.1. The van der Waals surface area contributed by atoms with E-state index in [0.717, 1.165) is 11.6 Å². The molecular formula is C11H13FN2O2. The summed E-state index contributed by atoms with van der Waals surface area (Å²) < 4.78 is 13.2. The number of allylic oxidation sites excluding steroid dienone is 1. The van der Waals surface area contributed by atoms with Crippen molar-refractivity contribution in [1.29, 1.82) is 0 Å². The van der Waals surface area contributed by atoms with Gasteiger partial charge in [-0.15, -0.1) is 0 Å². The van der Waals surface area contributed by atoms with E-state index < -0.39 is 16.4 Å².